The maximum Gasteiger partial charge on any atom is 0.106 e. The number of piperazine rings is 1. The van der Waals surface area contributed by atoms with Gasteiger partial charge in [-0.1, -0.05) is 43.7 Å². The minimum Gasteiger partial charge on any atom is -0.374 e. The lowest BCUT2D eigenvalue weighted by molar-refractivity contribution is -0.0385. The summed E-state index contributed by atoms with van der Waals surface area (Å²) in [5.74, 6) is 0.626. The lowest BCUT2D eigenvalue weighted by Gasteiger charge is -2.37. The highest BCUT2D eigenvalue weighted by Gasteiger charge is 2.27. The molecular weight excluding hydrogens is 348 g/mol. The Morgan fingerprint density at radius 1 is 1.18 bits per heavy atom. The zero-order valence-corrected chi connectivity index (χ0v) is 18.3. The SMILES string of the molecule is COC1C=C(CN2CCN[C@H](C3=C(C(C)C)CCC=C3)C2)C=CC1OC(C)C. The molecule has 0 aromatic rings. The van der Waals surface area contributed by atoms with Gasteiger partial charge in [-0.2, -0.15) is 0 Å². The van der Waals surface area contributed by atoms with E-state index < -0.39 is 0 Å². The van der Waals surface area contributed by atoms with Crippen LogP contribution in [0.2, 0.25) is 0 Å². The highest BCUT2D eigenvalue weighted by Crippen LogP contribution is 2.29. The molecule has 2 aliphatic carbocycles. The van der Waals surface area contributed by atoms with Gasteiger partial charge in [0.15, 0.2) is 0 Å². The molecule has 0 spiro atoms. The number of rotatable bonds is 7. The third-order valence-electron chi connectivity index (χ3n) is 5.89. The normalized spacial score (nSPS) is 29.1. The number of ether oxygens (including phenoxy) is 2. The van der Waals surface area contributed by atoms with Gasteiger partial charge in [0.05, 0.1) is 6.10 Å². The van der Waals surface area contributed by atoms with Gasteiger partial charge in [-0.15, -0.1) is 0 Å². The van der Waals surface area contributed by atoms with Crippen LogP contribution in [-0.4, -0.2) is 62.5 Å². The third kappa shape index (κ3) is 5.44. The van der Waals surface area contributed by atoms with Crippen LogP contribution in [0.4, 0.5) is 0 Å². The highest BCUT2D eigenvalue weighted by atomic mass is 16.5. The molecule has 0 aromatic carbocycles. The Morgan fingerprint density at radius 3 is 2.71 bits per heavy atom. The number of allylic oxidation sites excluding steroid dienone is 2. The minimum atomic E-state index is -0.00218. The number of hydrogen-bond acceptors (Lipinski definition) is 4. The van der Waals surface area contributed by atoms with Gasteiger partial charge in [0.1, 0.15) is 12.2 Å². The van der Waals surface area contributed by atoms with Crippen molar-refractivity contribution in [2.24, 2.45) is 5.92 Å². The van der Waals surface area contributed by atoms with E-state index in [1.165, 1.54) is 24.0 Å². The molecule has 156 valence electrons. The van der Waals surface area contributed by atoms with Crippen molar-refractivity contribution in [3.05, 3.63) is 47.1 Å². The zero-order chi connectivity index (χ0) is 20.1. The molecule has 1 fully saturated rings. The molecule has 1 N–H and O–H groups in total. The minimum absolute atomic E-state index is 0.00218. The van der Waals surface area contributed by atoms with E-state index in [1.54, 1.807) is 12.7 Å². The first-order valence-corrected chi connectivity index (χ1v) is 10.9. The van der Waals surface area contributed by atoms with Gasteiger partial charge < -0.3 is 14.8 Å². The number of nitrogens with zero attached hydrogens (tertiary/aromatic N) is 1. The van der Waals surface area contributed by atoms with E-state index >= 15 is 0 Å². The summed E-state index contributed by atoms with van der Waals surface area (Å²) in [4.78, 5) is 2.57. The van der Waals surface area contributed by atoms with E-state index in [2.05, 4.69) is 68.3 Å². The van der Waals surface area contributed by atoms with Crippen molar-refractivity contribution < 1.29 is 9.47 Å². The van der Waals surface area contributed by atoms with Crippen LogP contribution in [0, 0.1) is 5.92 Å². The van der Waals surface area contributed by atoms with Gasteiger partial charge >= 0.3 is 0 Å². The molecular formula is C24H38N2O2. The summed E-state index contributed by atoms with van der Waals surface area (Å²) >= 11 is 0. The lowest BCUT2D eigenvalue weighted by atomic mass is 9.85. The molecule has 1 aliphatic heterocycles. The molecule has 0 aromatic heterocycles. The molecule has 4 heteroatoms. The Kier molecular flexibility index (Phi) is 7.69. The number of methoxy groups -OCH3 is 1. The van der Waals surface area contributed by atoms with Gasteiger partial charge in [-0.3, -0.25) is 4.90 Å². The Morgan fingerprint density at radius 2 is 2.00 bits per heavy atom. The third-order valence-corrected chi connectivity index (χ3v) is 5.89. The molecule has 4 nitrogen and oxygen atoms in total. The van der Waals surface area contributed by atoms with Crippen LogP contribution in [0.1, 0.15) is 40.5 Å². The smallest absolute Gasteiger partial charge is 0.106 e. The van der Waals surface area contributed by atoms with Crippen molar-refractivity contribution in [3.8, 4) is 0 Å². The van der Waals surface area contributed by atoms with Crippen molar-refractivity contribution in [3.63, 3.8) is 0 Å². The van der Waals surface area contributed by atoms with Crippen molar-refractivity contribution in [2.45, 2.75) is 64.9 Å². The second-order valence-electron chi connectivity index (χ2n) is 8.77. The topological polar surface area (TPSA) is 33.7 Å². The molecule has 28 heavy (non-hydrogen) atoms. The molecule has 0 amide bonds. The molecule has 2 unspecified atom stereocenters. The fourth-order valence-electron chi connectivity index (χ4n) is 4.52. The summed E-state index contributed by atoms with van der Waals surface area (Å²) in [7, 11) is 1.77. The predicted molar refractivity (Wildman–Crippen MR) is 116 cm³/mol. The van der Waals surface area contributed by atoms with E-state index in [4.69, 9.17) is 9.47 Å². The van der Waals surface area contributed by atoms with Crippen LogP contribution in [0.5, 0.6) is 0 Å². The molecule has 1 heterocycles. The lowest BCUT2D eigenvalue weighted by Crippen LogP contribution is -2.52. The van der Waals surface area contributed by atoms with Crippen molar-refractivity contribution in [2.75, 3.05) is 33.3 Å². The van der Waals surface area contributed by atoms with E-state index in [0.29, 0.717) is 12.0 Å². The zero-order valence-electron chi connectivity index (χ0n) is 18.3. The summed E-state index contributed by atoms with van der Waals surface area (Å²) in [6.07, 6.45) is 13.9. The molecule has 0 radical (unpaired) electrons. The summed E-state index contributed by atoms with van der Waals surface area (Å²) < 4.78 is 11.7. The number of hydrogen-bond donors (Lipinski definition) is 1. The Labute approximate surface area is 171 Å². The van der Waals surface area contributed by atoms with E-state index in [0.717, 1.165) is 26.2 Å². The van der Waals surface area contributed by atoms with E-state index in [9.17, 15) is 0 Å². The first kappa shape index (κ1) is 21.5. The van der Waals surface area contributed by atoms with Crippen LogP contribution < -0.4 is 5.32 Å². The van der Waals surface area contributed by atoms with Gasteiger partial charge in [-0.05, 0) is 49.8 Å². The average molecular weight is 387 g/mol. The second-order valence-corrected chi connectivity index (χ2v) is 8.77. The molecule has 3 aliphatic rings. The first-order valence-electron chi connectivity index (χ1n) is 10.9. The van der Waals surface area contributed by atoms with Crippen LogP contribution in [-0.2, 0) is 9.47 Å². The Balaban J connectivity index is 1.65. The summed E-state index contributed by atoms with van der Waals surface area (Å²) in [6.45, 7) is 12.9. The number of nitrogens with one attached hydrogen (secondary N) is 1. The van der Waals surface area contributed by atoms with Crippen LogP contribution in [0.3, 0.4) is 0 Å². The van der Waals surface area contributed by atoms with Gasteiger partial charge in [0.2, 0.25) is 0 Å². The van der Waals surface area contributed by atoms with Crippen LogP contribution in [0.15, 0.2) is 47.1 Å². The molecule has 1 saturated heterocycles. The fourth-order valence-corrected chi connectivity index (χ4v) is 4.52. The Hall–Kier alpha value is -1.20. The van der Waals surface area contributed by atoms with Crippen LogP contribution in [0.25, 0.3) is 0 Å². The Bertz CT molecular complexity index is 645. The van der Waals surface area contributed by atoms with Gasteiger partial charge in [0.25, 0.3) is 0 Å². The van der Waals surface area contributed by atoms with E-state index in [1.807, 2.05) is 0 Å². The van der Waals surface area contributed by atoms with Gasteiger partial charge in [0, 0.05) is 39.3 Å². The monoisotopic (exact) mass is 386 g/mol. The van der Waals surface area contributed by atoms with Crippen molar-refractivity contribution >= 4 is 0 Å². The molecule has 0 bridgehead atoms. The summed E-state index contributed by atoms with van der Waals surface area (Å²) in [5, 5.41) is 3.76. The van der Waals surface area contributed by atoms with Crippen molar-refractivity contribution in [1.29, 1.82) is 0 Å². The summed E-state index contributed by atoms with van der Waals surface area (Å²) in [5.41, 5.74) is 4.49. The van der Waals surface area contributed by atoms with Crippen molar-refractivity contribution in [1.82, 2.24) is 10.2 Å². The standard InChI is InChI=1S/C24H38N2O2/c1-17(2)20-8-6-7-9-21(20)22-16-26(13-12-25-22)15-19-10-11-23(28-18(3)4)24(14-19)27-5/h7,9-11,14,17-18,22-25H,6,8,12-13,15-16H2,1-5H3/t22-,23?,24?/m0/s1. The maximum atomic E-state index is 5.97. The van der Waals surface area contributed by atoms with E-state index in [-0.39, 0.29) is 18.3 Å². The predicted octanol–water partition coefficient (Wildman–Crippen LogP) is 3.87. The largest absolute Gasteiger partial charge is 0.374 e. The quantitative estimate of drug-likeness (QED) is 0.720. The van der Waals surface area contributed by atoms with Gasteiger partial charge in [-0.25, -0.2) is 0 Å². The first-order chi connectivity index (χ1) is 13.5. The molecule has 0 saturated carbocycles. The second kappa shape index (κ2) is 10.0. The molecule has 3 rings (SSSR count). The maximum absolute atomic E-state index is 5.97. The summed E-state index contributed by atoms with van der Waals surface area (Å²) in [6, 6.07) is 0.436. The molecule has 3 atom stereocenters. The fraction of sp³-hybridized carbons (Fsp3) is 0.667. The van der Waals surface area contributed by atoms with Crippen LogP contribution >= 0.6 is 0 Å². The highest BCUT2D eigenvalue weighted by molar-refractivity contribution is 5.36. The average Bonchev–Trinajstić information content (AvgIpc) is 2.69.